The summed E-state index contributed by atoms with van der Waals surface area (Å²) in [5.74, 6) is 1.55. The van der Waals surface area contributed by atoms with Gasteiger partial charge in [-0.2, -0.15) is 5.26 Å². The molecule has 96 valence electrons. The number of hydrogen-bond acceptors (Lipinski definition) is 5. The average molecular weight is 245 g/mol. The minimum atomic E-state index is 0.426. The van der Waals surface area contributed by atoms with Crippen LogP contribution in [0.1, 0.15) is 18.5 Å². The summed E-state index contributed by atoms with van der Waals surface area (Å²) in [4.78, 5) is 12.6. The Hall–Kier alpha value is -1.67. The van der Waals surface area contributed by atoms with Crippen LogP contribution in [0.5, 0.6) is 0 Å². The molecule has 0 radical (unpaired) electrons. The van der Waals surface area contributed by atoms with Gasteiger partial charge in [0.1, 0.15) is 23.9 Å². The molecule has 0 aliphatic carbocycles. The third kappa shape index (κ3) is 3.17. The molecule has 1 fully saturated rings. The molecule has 5 nitrogen and oxygen atoms in total. The van der Waals surface area contributed by atoms with Gasteiger partial charge >= 0.3 is 0 Å². The summed E-state index contributed by atoms with van der Waals surface area (Å²) in [6.07, 6.45) is 3.92. The predicted molar refractivity (Wildman–Crippen MR) is 70.2 cm³/mol. The maximum Gasteiger partial charge on any atom is 0.145 e. The lowest BCUT2D eigenvalue weighted by atomic mass is 9.97. The Bertz CT molecular complexity index is 431. The van der Waals surface area contributed by atoms with E-state index in [0.717, 1.165) is 12.4 Å². The molecule has 2 rings (SSSR count). The van der Waals surface area contributed by atoms with Crippen LogP contribution in [0, 0.1) is 17.2 Å². The van der Waals surface area contributed by atoms with Gasteiger partial charge in [0.25, 0.3) is 0 Å². The van der Waals surface area contributed by atoms with Crippen molar-refractivity contribution in [3.8, 4) is 6.07 Å². The molecule has 0 spiro atoms. The van der Waals surface area contributed by atoms with E-state index >= 15 is 0 Å². The highest BCUT2D eigenvalue weighted by molar-refractivity contribution is 5.40. The van der Waals surface area contributed by atoms with Gasteiger partial charge in [-0.1, -0.05) is 0 Å². The number of rotatable bonds is 3. The first-order chi connectivity index (χ1) is 8.69. The van der Waals surface area contributed by atoms with Gasteiger partial charge in [0.15, 0.2) is 0 Å². The van der Waals surface area contributed by atoms with Gasteiger partial charge in [0, 0.05) is 19.7 Å². The van der Waals surface area contributed by atoms with E-state index in [1.54, 1.807) is 6.07 Å². The van der Waals surface area contributed by atoms with Crippen molar-refractivity contribution in [3.63, 3.8) is 0 Å². The summed E-state index contributed by atoms with van der Waals surface area (Å²) in [5.41, 5.74) is 0.426. The Morgan fingerprint density at radius 1 is 1.44 bits per heavy atom. The fourth-order valence-corrected chi connectivity index (χ4v) is 2.34. The lowest BCUT2D eigenvalue weighted by Crippen LogP contribution is -2.36. The largest absolute Gasteiger partial charge is 0.359 e. The molecule has 18 heavy (non-hydrogen) atoms. The second-order valence-corrected chi connectivity index (χ2v) is 5.00. The van der Waals surface area contributed by atoms with Crippen LogP contribution in [0.2, 0.25) is 0 Å². The second-order valence-electron chi connectivity index (χ2n) is 5.00. The first-order valence-electron chi connectivity index (χ1n) is 6.31. The van der Waals surface area contributed by atoms with Crippen LogP contribution in [0.15, 0.2) is 12.4 Å². The molecule has 0 saturated carbocycles. The first kappa shape index (κ1) is 12.8. The average Bonchev–Trinajstić information content (AvgIpc) is 2.41. The number of nitrogens with zero attached hydrogens (tertiary/aromatic N) is 5. The standard InChI is InChI=1S/C13H19N5/c1-17-5-3-11(4-6-17)9-18(2)13-7-12(8-14)15-10-16-13/h7,10-11H,3-6,9H2,1-2H3. The first-order valence-corrected chi connectivity index (χ1v) is 6.31. The number of anilines is 1. The number of hydrogen-bond donors (Lipinski definition) is 0. The van der Waals surface area contributed by atoms with Crippen LogP contribution < -0.4 is 4.90 Å². The lowest BCUT2D eigenvalue weighted by Gasteiger charge is -2.32. The Labute approximate surface area is 108 Å². The van der Waals surface area contributed by atoms with Crippen LogP contribution in [-0.2, 0) is 0 Å². The van der Waals surface area contributed by atoms with Crippen LogP contribution >= 0.6 is 0 Å². The van der Waals surface area contributed by atoms with E-state index in [9.17, 15) is 0 Å². The van der Waals surface area contributed by atoms with Crippen molar-refractivity contribution in [2.24, 2.45) is 5.92 Å². The van der Waals surface area contributed by atoms with Gasteiger partial charge in [-0.25, -0.2) is 9.97 Å². The molecular weight excluding hydrogens is 226 g/mol. The van der Waals surface area contributed by atoms with Crippen molar-refractivity contribution < 1.29 is 0 Å². The van der Waals surface area contributed by atoms with Gasteiger partial charge < -0.3 is 9.80 Å². The highest BCUT2D eigenvalue weighted by atomic mass is 15.2. The number of aromatic nitrogens is 2. The number of likely N-dealkylation sites (tertiary alicyclic amines) is 1. The van der Waals surface area contributed by atoms with E-state index < -0.39 is 0 Å². The zero-order chi connectivity index (χ0) is 13.0. The minimum Gasteiger partial charge on any atom is -0.359 e. The third-order valence-corrected chi connectivity index (χ3v) is 3.53. The predicted octanol–water partition coefficient (Wildman–Crippen LogP) is 1.13. The summed E-state index contributed by atoms with van der Waals surface area (Å²) >= 11 is 0. The Morgan fingerprint density at radius 2 is 2.17 bits per heavy atom. The zero-order valence-electron chi connectivity index (χ0n) is 11.0. The summed E-state index contributed by atoms with van der Waals surface area (Å²) in [6, 6.07) is 3.79. The van der Waals surface area contributed by atoms with Crippen molar-refractivity contribution in [1.82, 2.24) is 14.9 Å². The Balaban J connectivity index is 1.95. The quantitative estimate of drug-likeness (QED) is 0.799. The maximum absolute atomic E-state index is 8.83. The smallest absolute Gasteiger partial charge is 0.145 e. The van der Waals surface area contributed by atoms with Gasteiger partial charge in [-0.15, -0.1) is 0 Å². The minimum absolute atomic E-state index is 0.426. The van der Waals surface area contributed by atoms with Crippen LogP contribution in [0.25, 0.3) is 0 Å². The summed E-state index contributed by atoms with van der Waals surface area (Å²) in [6.45, 7) is 3.34. The van der Waals surface area contributed by atoms with Crippen molar-refractivity contribution in [3.05, 3.63) is 18.1 Å². The van der Waals surface area contributed by atoms with E-state index in [-0.39, 0.29) is 0 Å². The lowest BCUT2D eigenvalue weighted by molar-refractivity contribution is 0.222. The van der Waals surface area contributed by atoms with E-state index in [1.165, 1.54) is 32.3 Å². The van der Waals surface area contributed by atoms with Crippen LogP contribution in [-0.4, -0.2) is 48.6 Å². The monoisotopic (exact) mass is 245 g/mol. The molecule has 0 unspecified atom stereocenters. The van der Waals surface area contributed by atoms with Gasteiger partial charge in [-0.3, -0.25) is 0 Å². The molecule has 1 aliphatic rings. The highest BCUT2D eigenvalue weighted by Crippen LogP contribution is 2.19. The van der Waals surface area contributed by atoms with Crippen LogP contribution in [0.4, 0.5) is 5.82 Å². The topological polar surface area (TPSA) is 56.0 Å². The Morgan fingerprint density at radius 3 is 2.83 bits per heavy atom. The molecule has 1 aliphatic heterocycles. The molecular formula is C13H19N5. The molecule has 1 aromatic heterocycles. The molecule has 1 aromatic rings. The molecule has 5 heteroatoms. The van der Waals surface area contributed by atoms with Gasteiger partial charge in [0.2, 0.25) is 0 Å². The molecule has 1 saturated heterocycles. The molecule has 0 aromatic carbocycles. The van der Waals surface area contributed by atoms with Gasteiger partial charge in [-0.05, 0) is 38.9 Å². The maximum atomic E-state index is 8.83. The van der Waals surface area contributed by atoms with Crippen molar-refractivity contribution >= 4 is 5.82 Å². The fourth-order valence-electron chi connectivity index (χ4n) is 2.34. The number of piperidine rings is 1. The molecule has 2 heterocycles. The molecule has 0 N–H and O–H groups in total. The van der Waals surface area contributed by atoms with E-state index in [0.29, 0.717) is 11.6 Å². The van der Waals surface area contributed by atoms with E-state index in [2.05, 4.69) is 26.8 Å². The Kier molecular flexibility index (Phi) is 4.11. The second kappa shape index (κ2) is 5.78. The highest BCUT2D eigenvalue weighted by Gasteiger charge is 2.18. The number of nitriles is 1. The normalized spacial score (nSPS) is 17.4. The summed E-state index contributed by atoms with van der Waals surface area (Å²) in [5, 5.41) is 8.83. The van der Waals surface area contributed by atoms with Crippen LogP contribution in [0.3, 0.4) is 0 Å². The molecule has 0 bridgehead atoms. The van der Waals surface area contributed by atoms with E-state index in [4.69, 9.17) is 5.26 Å². The summed E-state index contributed by atoms with van der Waals surface area (Å²) in [7, 11) is 4.20. The van der Waals surface area contributed by atoms with Crippen molar-refractivity contribution in [1.29, 1.82) is 5.26 Å². The van der Waals surface area contributed by atoms with E-state index in [1.807, 2.05) is 13.1 Å². The van der Waals surface area contributed by atoms with Crippen molar-refractivity contribution in [2.75, 3.05) is 38.6 Å². The van der Waals surface area contributed by atoms with Gasteiger partial charge in [0.05, 0.1) is 0 Å². The van der Waals surface area contributed by atoms with Crippen molar-refractivity contribution in [2.45, 2.75) is 12.8 Å². The third-order valence-electron chi connectivity index (χ3n) is 3.53. The fraction of sp³-hybridized carbons (Fsp3) is 0.615. The molecule has 0 atom stereocenters. The zero-order valence-corrected chi connectivity index (χ0v) is 11.0. The molecule has 0 amide bonds. The SMILES string of the molecule is CN1CCC(CN(C)c2cc(C#N)ncn2)CC1. The summed E-state index contributed by atoms with van der Waals surface area (Å²) < 4.78 is 0.